The van der Waals surface area contributed by atoms with E-state index in [1.165, 1.54) is 22.0 Å². The molecule has 0 aliphatic carbocycles. The van der Waals surface area contributed by atoms with Gasteiger partial charge in [-0.1, -0.05) is 88.2 Å². The predicted octanol–water partition coefficient (Wildman–Crippen LogP) is 5.77. The number of hydrogen-bond donors (Lipinski definition) is 1. The lowest BCUT2D eigenvalue weighted by Crippen LogP contribution is -2.26. The first kappa shape index (κ1) is 23.9. The largest absolute Gasteiger partial charge is 0.507 e. The van der Waals surface area contributed by atoms with Crippen molar-refractivity contribution in [2.45, 2.75) is 79.7 Å². The maximum absolute atomic E-state index is 11.2. The van der Waals surface area contributed by atoms with Crippen molar-refractivity contribution in [2.24, 2.45) is 0 Å². The van der Waals surface area contributed by atoms with Crippen LogP contribution in [0.15, 0.2) is 30.3 Å². The van der Waals surface area contributed by atoms with E-state index >= 15 is 0 Å². The molecule has 0 spiro atoms. The summed E-state index contributed by atoms with van der Waals surface area (Å²) in [4.78, 5) is 2.45. The van der Waals surface area contributed by atoms with Crippen LogP contribution in [-0.2, 0) is 17.4 Å². The van der Waals surface area contributed by atoms with E-state index in [-0.39, 0.29) is 10.8 Å². The van der Waals surface area contributed by atoms with Gasteiger partial charge in [-0.05, 0) is 58.9 Å². The Hall–Kier alpha value is -1.37. The second-order valence-corrected chi connectivity index (χ2v) is 11.4. The number of phenols is 1. The van der Waals surface area contributed by atoms with E-state index in [9.17, 15) is 5.11 Å². The number of aryl methyl sites for hydroxylation is 1. The maximum atomic E-state index is 11.2. The van der Waals surface area contributed by atoms with E-state index in [1.807, 2.05) is 0 Å². The van der Waals surface area contributed by atoms with Crippen LogP contribution in [0.5, 0.6) is 5.75 Å². The summed E-state index contributed by atoms with van der Waals surface area (Å²) >= 11 is 0. The lowest BCUT2D eigenvalue weighted by molar-refractivity contribution is 0.296. The molecule has 0 aliphatic heterocycles. The fourth-order valence-electron chi connectivity index (χ4n) is 3.60. The molecule has 0 saturated carbocycles. The van der Waals surface area contributed by atoms with Crippen molar-refractivity contribution < 1.29 is 5.11 Å². The molecule has 0 fully saturated rings. The second kappa shape index (κ2) is 9.19. The minimum atomic E-state index is -0.0969. The Bertz CT molecular complexity index is 839. The van der Waals surface area contributed by atoms with E-state index in [0.717, 1.165) is 30.5 Å². The molecule has 0 radical (unpaired) electrons. The first-order chi connectivity index (χ1) is 13.4. The van der Waals surface area contributed by atoms with Crippen LogP contribution in [0.25, 0.3) is 0 Å². The van der Waals surface area contributed by atoms with Gasteiger partial charge in [0.2, 0.25) is 0 Å². The van der Waals surface area contributed by atoms with Crippen LogP contribution >= 0.6 is 8.58 Å². The molecule has 29 heavy (non-hydrogen) atoms. The minimum absolute atomic E-state index is 0.0444. The summed E-state index contributed by atoms with van der Waals surface area (Å²) in [5, 5.41) is 13.7. The zero-order chi connectivity index (χ0) is 22.0. The molecule has 0 aliphatic rings. The molecule has 0 saturated heterocycles. The SMILES string of the molecule is CCN(CC)Cc1cccc(C)c1Pc1cc(C(C)(C)C)cc(C(C)(C)C)c1O. The molecule has 0 amide bonds. The maximum Gasteiger partial charge on any atom is 0.127 e. The highest BCUT2D eigenvalue weighted by atomic mass is 31.1. The first-order valence-electron chi connectivity index (χ1n) is 10.8. The Morgan fingerprint density at radius 1 is 0.931 bits per heavy atom. The smallest absolute Gasteiger partial charge is 0.127 e. The van der Waals surface area contributed by atoms with Crippen LogP contribution in [0.4, 0.5) is 0 Å². The lowest BCUT2D eigenvalue weighted by atomic mass is 9.80. The molecule has 0 aromatic heterocycles. The Labute approximate surface area is 180 Å². The third-order valence-corrected chi connectivity index (χ3v) is 7.31. The molecule has 1 N–H and O–H groups in total. The fraction of sp³-hybridized carbons (Fsp3) is 0.538. The van der Waals surface area contributed by atoms with Gasteiger partial charge in [0.05, 0.1) is 0 Å². The van der Waals surface area contributed by atoms with Gasteiger partial charge in [0.15, 0.2) is 0 Å². The number of hydrogen-bond acceptors (Lipinski definition) is 2. The number of nitrogens with zero attached hydrogens (tertiary/aromatic N) is 1. The highest BCUT2D eigenvalue weighted by Crippen LogP contribution is 2.36. The van der Waals surface area contributed by atoms with E-state index < -0.39 is 0 Å². The Balaban J connectivity index is 2.60. The van der Waals surface area contributed by atoms with Crippen LogP contribution in [0.1, 0.15) is 77.6 Å². The monoisotopic (exact) mass is 413 g/mol. The van der Waals surface area contributed by atoms with Crippen molar-refractivity contribution in [3.05, 3.63) is 52.6 Å². The molecular weight excluding hydrogens is 373 g/mol. The van der Waals surface area contributed by atoms with E-state index in [4.69, 9.17) is 0 Å². The van der Waals surface area contributed by atoms with E-state index in [1.54, 1.807) is 0 Å². The summed E-state index contributed by atoms with van der Waals surface area (Å²) < 4.78 is 0. The topological polar surface area (TPSA) is 23.5 Å². The van der Waals surface area contributed by atoms with Gasteiger partial charge < -0.3 is 5.11 Å². The summed E-state index contributed by atoms with van der Waals surface area (Å²) in [5.41, 5.74) is 4.98. The zero-order valence-electron chi connectivity index (χ0n) is 19.9. The number of phenolic OH excluding ortho intramolecular Hbond substituents is 1. The highest BCUT2D eigenvalue weighted by molar-refractivity contribution is 7.56. The van der Waals surface area contributed by atoms with Gasteiger partial charge in [0.1, 0.15) is 5.75 Å². The quantitative estimate of drug-likeness (QED) is 0.608. The van der Waals surface area contributed by atoms with Gasteiger partial charge in [-0.3, -0.25) is 4.90 Å². The Morgan fingerprint density at radius 2 is 1.55 bits per heavy atom. The highest BCUT2D eigenvalue weighted by Gasteiger charge is 2.25. The summed E-state index contributed by atoms with van der Waals surface area (Å²) in [6.45, 7) is 23.0. The van der Waals surface area contributed by atoms with Crippen LogP contribution in [0.2, 0.25) is 0 Å². The third kappa shape index (κ3) is 5.83. The number of aromatic hydroxyl groups is 1. The number of benzene rings is 2. The van der Waals surface area contributed by atoms with Crippen molar-refractivity contribution in [3.63, 3.8) is 0 Å². The number of rotatable bonds is 6. The van der Waals surface area contributed by atoms with Gasteiger partial charge in [-0.15, -0.1) is 0 Å². The normalized spacial score (nSPS) is 13.0. The van der Waals surface area contributed by atoms with Gasteiger partial charge in [-0.25, -0.2) is 0 Å². The van der Waals surface area contributed by atoms with Crippen molar-refractivity contribution in [1.29, 1.82) is 0 Å². The van der Waals surface area contributed by atoms with E-state index in [2.05, 4.69) is 97.5 Å². The summed E-state index contributed by atoms with van der Waals surface area (Å²) in [5.74, 6) is 0.473. The summed E-state index contributed by atoms with van der Waals surface area (Å²) in [6.07, 6.45) is 0. The standard InChI is InChI=1S/C26H40NOP/c1-10-27(11-2)17-19-14-12-13-18(3)24(19)29-22-16-20(25(4,5)6)15-21(23(22)28)26(7,8)9/h12-16,28-29H,10-11,17H2,1-9H3. The molecule has 3 heteroatoms. The zero-order valence-corrected chi connectivity index (χ0v) is 20.9. The molecule has 2 aromatic carbocycles. The van der Waals surface area contributed by atoms with Crippen LogP contribution in [-0.4, -0.2) is 23.1 Å². The molecule has 0 heterocycles. The molecule has 0 bridgehead atoms. The van der Waals surface area contributed by atoms with Gasteiger partial charge in [0.25, 0.3) is 0 Å². The average molecular weight is 414 g/mol. The van der Waals surface area contributed by atoms with Gasteiger partial charge in [0, 0.05) is 17.4 Å². The Kier molecular flexibility index (Phi) is 7.57. The van der Waals surface area contributed by atoms with Gasteiger partial charge >= 0.3 is 0 Å². The predicted molar refractivity (Wildman–Crippen MR) is 131 cm³/mol. The van der Waals surface area contributed by atoms with Crippen LogP contribution < -0.4 is 10.6 Å². The molecule has 2 rings (SSSR count). The fourth-order valence-corrected chi connectivity index (χ4v) is 4.95. The summed E-state index contributed by atoms with van der Waals surface area (Å²) in [6, 6.07) is 11.1. The van der Waals surface area contributed by atoms with Crippen molar-refractivity contribution >= 4 is 19.2 Å². The van der Waals surface area contributed by atoms with Gasteiger partial charge in [-0.2, -0.15) is 0 Å². The lowest BCUT2D eigenvalue weighted by Gasteiger charge is -2.28. The molecule has 2 aromatic rings. The molecular formula is C26H40NOP. The van der Waals surface area contributed by atoms with Crippen LogP contribution in [0, 0.1) is 6.92 Å². The molecule has 160 valence electrons. The Morgan fingerprint density at radius 3 is 2.07 bits per heavy atom. The van der Waals surface area contributed by atoms with Crippen molar-refractivity contribution in [1.82, 2.24) is 4.90 Å². The second-order valence-electron chi connectivity index (χ2n) is 10.1. The van der Waals surface area contributed by atoms with Crippen molar-refractivity contribution in [2.75, 3.05) is 13.1 Å². The summed E-state index contributed by atoms with van der Waals surface area (Å²) in [7, 11) is 0.450. The van der Waals surface area contributed by atoms with Crippen molar-refractivity contribution in [3.8, 4) is 5.75 Å². The average Bonchev–Trinajstić information content (AvgIpc) is 2.61. The van der Waals surface area contributed by atoms with E-state index in [0.29, 0.717) is 14.3 Å². The molecule has 2 nitrogen and oxygen atoms in total. The molecule has 1 atom stereocenters. The third-order valence-electron chi connectivity index (χ3n) is 5.69. The van der Waals surface area contributed by atoms with Crippen LogP contribution in [0.3, 0.4) is 0 Å². The first-order valence-corrected chi connectivity index (χ1v) is 11.8. The minimum Gasteiger partial charge on any atom is -0.507 e. The molecule has 1 unspecified atom stereocenters.